The third-order valence-electron chi connectivity index (χ3n) is 3.25. The Kier molecular flexibility index (Phi) is 5.47. The van der Waals surface area contributed by atoms with E-state index in [0.29, 0.717) is 23.8 Å². The number of benzene rings is 1. The van der Waals surface area contributed by atoms with Gasteiger partial charge in [-0.15, -0.1) is 10.2 Å². The first-order chi connectivity index (χ1) is 13.0. The van der Waals surface area contributed by atoms with Crippen LogP contribution in [0.3, 0.4) is 0 Å². The maximum absolute atomic E-state index is 11.2. The van der Waals surface area contributed by atoms with Crippen LogP contribution < -0.4 is 9.47 Å². The van der Waals surface area contributed by atoms with Crippen molar-refractivity contribution < 1.29 is 22.7 Å². The van der Waals surface area contributed by atoms with Crippen molar-refractivity contribution >= 4 is 16.6 Å². The normalized spacial score (nSPS) is 10.3. The number of tetrazole rings is 1. The lowest BCUT2D eigenvalue weighted by molar-refractivity contribution is 0.212. The molecule has 1 amide bonds. The third kappa shape index (κ3) is 4.92. The maximum Gasteiger partial charge on any atom is 0.454 e. The van der Waals surface area contributed by atoms with Crippen molar-refractivity contribution in [2.45, 2.75) is 6.54 Å². The van der Waals surface area contributed by atoms with Crippen LogP contribution in [0.15, 0.2) is 47.0 Å². The standard InChI is InChI=1S/C15H12N6O5S/c1-25-13-7-2-10(8-16-13)9-21-18-14(17-20-21)11-3-5-12(6-4-11)26-15(22)19-27(23)24/h2-8H,9H2,1H3. The Bertz CT molecular complexity index is 1070. The first kappa shape index (κ1) is 18.1. The van der Waals surface area contributed by atoms with Gasteiger partial charge < -0.3 is 9.47 Å². The molecule has 3 rings (SSSR count). The zero-order chi connectivity index (χ0) is 19.2. The number of nitrogens with zero attached hydrogens (tertiary/aromatic N) is 6. The van der Waals surface area contributed by atoms with E-state index in [1.807, 2.05) is 6.07 Å². The molecule has 0 fully saturated rings. The van der Waals surface area contributed by atoms with Gasteiger partial charge in [0.25, 0.3) is 0 Å². The summed E-state index contributed by atoms with van der Waals surface area (Å²) >= 11 is 0. The average molecular weight is 388 g/mol. The highest BCUT2D eigenvalue weighted by Crippen LogP contribution is 2.19. The van der Waals surface area contributed by atoms with Crippen LogP contribution in [-0.4, -0.2) is 46.8 Å². The van der Waals surface area contributed by atoms with E-state index < -0.39 is 16.6 Å². The van der Waals surface area contributed by atoms with Gasteiger partial charge in [0, 0.05) is 17.8 Å². The van der Waals surface area contributed by atoms with Crippen molar-refractivity contribution in [3.63, 3.8) is 0 Å². The summed E-state index contributed by atoms with van der Waals surface area (Å²) in [6, 6.07) is 9.72. The highest BCUT2D eigenvalue weighted by molar-refractivity contribution is 7.62. The van der Waals surface area contributed by atoms with Crippen molar-refractivity contribution in [1.29, 1.82) is 0 Å². The fourth-order valence-electron chi connectivity index (χ4n) is 2.07. The lowest BCUT2D eigenvalue weighted by atomic mass is 10.2. The Hall–Kier alpha value is -3.67. The van der Waals surface area contributed by atoms with Gasteiger partial charge in [-0.3, -0.25) is 0 Å². The van der Waals surface area contributed by atoms with Gasteiger partial charge in [0.05, 0.1) is 13.7 Å². The molecule has 138 valence electrons. The molecule has 0 aliphatic rings. The third-order valence-corrected chi connectivity index (χ3v) is 3.55. The molecule has 0 aliphatic carbocycles. The molecule has 0 saturated carbocycles. The Morgan fingerprint density at radius 2 is 1.96 bits per heavy atom. The fourth-order valence-corrected chi connectivity index (χ4v) is 2.23. The molecule has 0 saturated heterocycles. The molecule has 12 heteroatoms. The predicted molar refractivity (Wildman–Crippen MR) is 90.5 cm³/mol. The van der Waals surface area contributed by atoms with Crippen LogP contribution in [0.2, 0.25) is 0 Å². The van der Waals surface area contributed by atoms with Gasteiger partial charge in [-0.25, -0.2) is 9.78 Å². The molecular weight excluding hydrogens is 376 g/mol. The number of ether oxygens (including phenoxy) is 2. The van der Waals surface area contributed by atoms with Crippen LogP contribution in [0.1, 0.15) is 5.56 Å². The van der Waals surface area contributed by atoms with Crippen molar-refractivity contribution in [1.82, 2.24) is 25.2 Å². The molecule has 0 bridgehead atoms. The lowest BCUT2D eigenvalue weighted by Crippen LogP contribution is -2.04. The molecular formula is C15H12N6O5S. The summed E-state index contributed by atoms with van der Waals surface area (Å²) in [6.45, 7) is 0.382. The first-order valence-corrected chi connectivity index (χ1v) is 8.47. The molecule has 2 heterocycles. The molecule has 0 aliphatic heterocycles. The monoisotopic (exact) mass is 388 g/mol. The molecule has 0 N–H and O–H groups in total. The van der Waals surface area contributed by atoms with Gasteiger partial charge in [-0.2, -0.15) is 13.2 Å². The van der Waals surface area contributed by atoms with Gasteiger partial charge in [-0.05, 0) is 35.0 Å². The minimum absolute atomic E-state index is 0.134. The number of methoxy groups -OCH3 is 1. The molecule has 0 atom stereocenters. The maximum atomic E-state index is 11.2. The van der Waals surface area contributed by atoms with Crippen LogP contribution >= 0.6 is 0 Å². The number of carbonyl (C=O) groups excluding carboxylic acids is 1. The van der Waals surface area contributed by atoms with E-state index in [9.17, 15) is 13.2 Å². The van der Waals surface area contributed by atoms with E-state index in [0.717, 1.165) is 5.56 Å². The van der Waals surface area contributed by atoms with Crippen molar-refractivity contribution in [3.8, 4) is 23.0 Å². The number of pyridine rings is 1. The predicted octanol–water partition coefficient (Wildman–Crippen LogP) is 1.35. The summed E-state index contributed by atoms with van der Waals surface area (Å²) < 4.78 is 33.1. The second-order valence-electron chi connectivity index (χ2n) is 5.05. The van der Waals surface area contributed by atoms with Gasteiger partial charge in [0.2, 0.25) is 11.7 Å². The lowest BCUT2D eigenvalue weighted by Gasteiger charge is -2.01. The number of hydrogen-bond acceptors (Lipinski definition) is 9. The Morgan fingerprint density at radius 1 is 1.19 bits per heavy atom. The van der Waals surface area contributed by atoms with Gasteiger partial charge in [-0.1, -0.05) is 10.4 Å². The topological polar surface area (TPSA) is 139 Å². The highest BCUT2D eigenvalue weighted by atomic mass is 32.2. The van der Waals surface area contributed by atoms with Crippen molar-refractivity contribution in [2.75, 3.05) is 7.11 Å². The highest BCUT2D eigenvalue weighted by Gasteiger charge is 2.09. The van der Waals surface area contributed by atoms with Crippen LogP contribution in [0.25, 0.3) is 11.4 Å². The number of hydrogen-bond donors (Lipinski definition) is 0. The Labute approximate surface area is 154 Å². The van der Waals surface area contributed by atoms with Crippen LogP contribution in [-0.2, 0) is 17.0 Å². The number of aromatic nitrogens is 5. The van der Waals surface area contributed by atoms with E-state index in [2.05, 4.69) is 24.8 Å². The van der Waals surface area contributed by atoms with E-state index in [4.69, 9.17) is 9.47 Å². The summed E-state index contributed by atoms with van der Waals surface area (Å²) in [6.07, 6.45) is 0.429. The molecule has 27 heavy (non-hydrogen) atoms. The van der Waals surface area contributed by atoms with Gasteiger partial charge in [0.15, 0.2) is 0 Å². The zero-order valence-corrected chi connectivity index (χ0v) is 14.7. The largest absolute Gasteiger partial charge is 0.481 e. The van der Waals surface area contributed by atoms with Gasteiger partial charge >= 0.3 is 16.6 Å². The minimum atomic E-state index is -2.86. The summed E-state index contributed by atoms with van der Waals surface area (Å²) in [7, 11) is -1.32. The molecule has 1 aromatic carbocycles. The second kappa shape index (κ2) is 8.14. The van der Waals surface area contributed by atoms with E-state index in [-0.39, 0.29) is 5.75 Å². The zero-order valence-electron chi connectivity index (χ0n) is 13.9. The fraction of sp³-hybridized carbons (Fsp3) is 0.133. The first-order valence-electron chi connectivity index (χ1n) is 7.43. The number of amides is 1. The smallest absolute Gasteiger partial charge is 0.454 e. The molecule has 11 nitrogen and oxygen atoms in total. The molecule has 3 aromatic rings. The van der Waals surface area contributed by atoms with Crippen LogP contribution in [0, 0.1) is 0 Å². The summed E-state index contributed by atoms with van der Waals surface area (Å²) in [5, 5.41) is 12.2. The Morgan fingerprint density at radius 3 is 2.59 bits per heavy atom. The number of rotatable bonds is 5. The molecule has 0 spiro atoms. The SMILES string of the molecule is COc1ccc(Cn2nnc(-c3ccc(OC(=O)N=S(=O)=O)cc3)n2)cn1. The molecule has 0 radical (unpaired) electrons. The average Bonchev–Trinajstić information content (AvgIpc) is 3.11. The second-order valence-corrected chi connectivity index (χ2v) is 5.67. The summed E-state index contributed by atoms with van der Waals surface area (Å²) in [5.41, 5.74) is 1.51. The van der Waals surface area contributed by atoms with Crippen LogP contribution in [0.5, 0.6) is 11.6 Å². The van der Waals surface area contributed by atoms with Crippen molar-refractivity contribution in [3.05, 3.63) is 48.2 Å². The van der Waals surface area contributed by atoms with Crippen molar-refractivity contribution in [2.24, 2.45) is 4.36 Å². The van der Waals surface area contributed by atoms with E-state index in [1.54, 1.807) is 31.5 Å². The van der Waals surface area contributed by atoms with Gasteiger partial charge in [0.1, 0.15) is 5.75 Å². The summed E-state index contributed by atoms with van der Waals surface area (Å²) in [4.78, 5) is 16.7. The minimum Gasteiger partial charge on any atom is -0.481 e. The molecule has 2 aromatic heterocycles. The number of carbonyl (C=O) groups is 1. The quantitative estimate of drug-likeness (QED) is 0.633. The molecule has 0 unspecified atom stereocenters. The van der Waals surface area contributed by atoms with E-state index in [1.165, 1.54) is 16.9 Å². The van der Waals surface area contributed by atoms with E-state index >= 15 is 0 Å². The van der Waals surface area contributed by atoms with Crippen LogP contribution in [0.4, 0.5) is 4.79 Å². The Balaban J connectivity index is 1.68. The summed E-state index contributed by atoms with van der Waals surface area (Å²) in [5.74, 6) is 1.02.